The zero-order valence-electron chi connectivity index (χ0n) is 10.8. The lowest BCUT2D eigenvalue weighted by atomic mass is 10.1. The molecule has 1 aliphatic rings. The van der Waals surface area contributed by atoms with E-state index in [4.69, 9.17) is 5.11 Å². The van der Waals surface area contributed by atoms with Gasteiger partial charge < -0.3 is 21.1 Å². The van der Waals surface area contributed by atoms with E-state index in [0.29, 0.717) is 6.54 Å². The van der Waals surface area contributed by atoms with Gasteiger partial charge in [0.2, 0.25) is 5.91 Å². The van der Waals surface area contributed by atoms with Crippen LogP contribution < -0.4 is 16.0 Å². The summed E-state index contributed by atoms with van der Waals surface area (Å²) in [6.45, 7) is 1.98. The number of carboxylic acids is 1. The van der Waals surface area contributed by atoms with Crippen LogP contribution in [-0.2, 0) is 9.59 Å². The standard InChI is InChI=1S/C11H19N3O4S/c1-11(3-2-4-19-11)7-14-10(18)13-5-8(15)12-6-9(16)17/h2-7H2,1H3,(H,12,15)(H,16,17)(H2,13,14,18). The van der Waals surface area contributed by atoms with E-state index in [1.807, 2.05) is 11.8 Å². The maximum atomic E-state index is 11.5. The number of nitrogens with one attached hydrogen (secondary N) is 3. The first-order chi connectivity index (χ1) is 8.91. The molecule has 7 nitrogen and oxygen atoms in total. The summed E-state index contributed by atoms with van der Waals surface area (Å²) in [5, 5.41) is 15.6. The average molecular weight is 289 g/mol. The average Bonchev–Trinajstić information content (AvgIpc) is 2.79. The second-order valence-electron chi connectivity index (χ2n) is 4.61. The van der Waals surface area contributed by atoms with Gasteiger partial charge in [0.1, 0.15) is 6.54 Å². The second kappa shape index (κ2) is 7.22. The molecule has 1 atom stereocenters. The van der Waals surface area contributed by atoms with Gasteiger partial charge in [-0.1, -0.05) is 0 Å². The van der Waals surface area contributed by atoms with Gasteiger partial charge in [-0.05, 0) is 25.5 Å². The lowest BCUT2D eigenvalue weighted by molar-refractivity contribution is -0.137. The Morgan fingerprint density at radius 3 is 2.53 bits per heavy atom. The van der Waals surface area contributed by atoms with Crippen molar-refractivity contribution in [1.82, 2.24) is 16.0 Å². The number of carbonyl (C=O) groups is 3. The minimum Gasteiger partial charge on any atom is -0.480 e. The molecular formula is C11H19N3O4S. The molecule has 1 saturated heterocycles. The summed E-state index contributed by atoms with van der Waals surface area (Å²) in [7, 11) is 0. The van der Waals surface area contributed by atoms with E-state index in [1.165, 1.54) is 0 Å². The highest BCUT2D eigenvalue weighted by Gasteiger charge is 2.29. The smallest absolute Gasteiger partial charge is 0.322 e. The molecule has 0 spiro atoms. The van der Waals surface area contributed by atoms with Crippen LogP contribution in [0.1, 0.15) is 19.8 Å². The minimum atomic E-state index is -1.12. The number of amides is 3. The van der Waals surface area contributed by atoms with E-state index in [1.54, 1.807) is 0 Å². The lowest BCUT2D eigenvalue weighted by Crippen LogP contribution is -2.46. The molecule has 1 rings (SSSR count). The van der Waals surface area contributed by atoms with Crippen molar-refractivity contribution in [3.05, 3.63) is 0 Å². The van der Waals surface area contributed by atoms with Crippen LogP contribution in [-0.4, -0.2) is 53.1 Å². The van der Waals surface area contributed by atoms with Crippen molar-refractivity contribution in [2.45, 2.75) is 24.5 Å². The number of rotatable bonds is 6. The number of carbonyl (C=O) groups excluding carboxylic acids is 2. The van der Waals surface area contributed by atoms with Crippen LogP contribution in [0.15, 0.2) is 0 Å². The monoisotopic (exact) mass is 289 g/mol. The van der Waals surface area contributed by atoms with E-state index in [-0.39, 0.29) is 11.3 Å². The van der Waals surface area contributed by atoms with Gasteiger partial charge in [-0.3, -0.25) is 9.59 Å². The van der Waals surface area contributed by atoms with Crippen LogP contribution >= 0.6 is 11.8 Å². The maximum Gasteiger partial charge on any atom is 0.322 e. The van der Waals surface area contributed by atoms with Crippen LogP contribution in [0.4, 0.5) is 4.79 Å². The Hall–Kier alpha value is -1.44. The molecule has 4 N–H and O–H groups in total. The van der Waals surface area contributed by atoms with E-state index in [0.717, 1.165) is 18.6 Å². The van der Waals surface area contributed by atoms with Gasteiger partial charge >= 0.3 is 12.0 Å². The summed E-state index contributed by atoms with van der Waals surface area (Å²) in [5.41, 5.74) is 0. The fraction of sp³-hybridized carbons (Fsp3) is 0.727. The van der Waals surface area contributed by atoms with Crippen molar-refractivity contribution in [3.8, 4) is 0 Å². The van der Waals surface area contributed by atoms with Crippen molar-refractivity contribution in [3.63, 3.8) is 0 Å². The van der Waals surface area contributed by atoms with Gasteiger partial charge in [0.25, 0.3) is 0 Å². The van der Waals surface area contributed by atoms with Crippen molar-refractivity contribution >= 4 is 29.7 Å². The third-order valence-corrected chi connectivity index (χ3v) is 4.31. The first kappa shape index (κ1) is 15.6. The zero-order chi connectivity index (χ0) is 14.3. The van der Waals surface area contributed by atoms with Crippen molar-refractivity contribution in [1.29, 1.82) is 0 Å². The Morgan fingerprint density at radius 2 is 1.95 bits per heavy atom. The van der Waals surface area contributed by atoms with Crippen LogP contribution in [0.2, 0.25) is 0 Å². The van der Waals surface area contributed by atoms with Crippen LogP contribution in [0.3, 0.4) is 0 Å². The molecule has 1 aliphatic heterocycles. The van der Waals surface area contributed by atoms with Crippen LogP contribution in [0.5, 0.6) is 0 Å². The van der Waals surface area contributed by atoms with Crippen LogP contribution in [0, 0.1) is 0 Å². The van der Waals surface area contributed by atoms with Gasteiger partial charge in [0.05, 0.1) is 6.54 Å². The fourth-order valence-electron chi connectivity index (χ4n) is 1.70. The molecular weight excluding hydrogens is 270 g/mol. The molecule has 108 valence electrons. The summed E-state index contributed by atoms with van der Waals surface area (Å²) in [5.74, 6) is -0.541. The number of urea groups is 1. The molecule has 1 fully saturated rings. The first-order valence-electron chi connectivity index (χ1n) is 6.05. The highest BCUT2D eigenvalue weighted by molar-refractivity contribution is 8.00. The van der Waals surface area contributed by atoms with Crippen molar-refractivity contribution in [2.24, 2.45) is 0 Å². The highest BCUT2D eigenvalue weighted by atomic mass is 32.2. The molecule has 1 unspecified atom stereocenters. The predicted molar refractivity (Wildman–Crippen MR) is 72.1 cm³/mol. The Labute approximate surface area is 115 Å². The summed E-state index contributed by atoms with van der Waals surface area (Å²) < 4.78 is 0.0723. The topological polar surface area (TPSA) is 108 Å². The summed E-state index contributed by atoms with van der Waals surface area (Å²) >= 11 is 1.84. The predicted octanol–water partition coefficient (Wildman–Crippen LogP) is -0.228. The molecule has 1 heterocycles. The molecule has 0 aromatic heterocycles. The van der Waals surface area contributed by atoms with Gasteiger partial charge in [-0.25, -0.2) is 4.79 Å². The van der Waals surface area contributed by atoms with E-state index < -0.39 is 24.5 Å². The number of hydrogen-bond donors (Lipinski definition) is 4. The van der Waals surface area contributed by atoms with Gasteiger partial charge in [0.15, 0.2) is 0 Å². The number of aliphatic carboxylic acids is 1. The summed E-state index contributed by atoms with van der Waals surface area (Å²) in [6.07, 6.45) is 2.22. The van der Waals surface area contributed by atoms with E-state index in [2.05, 4.69) is 22.9 Å². The van der Waals surface area contributed by atoms with Crippen molar-refractivity contribution in [2.75, 3.05) is 25.4 Å². The zero-order valence-corrected chi connectivity index (χ0v) is 11.6. The van der Waals surface area contributed by atoms with E-state index in [9.17, 15) is 14.4 Å². The highest BCUT2D eigenvalue weighted by Crippen LogP contribution is 2.36. The lowest BCUT2D eigenvalue weighted by Gasteiger charge is -2.22. The Balaban J connectivity index is 2.13. The van der Waals surface area contributed by atoms with Crippen molar-refractivity contribution < 1.29 is 19.5 Å². The molecule has 0 aliphatic carbocycles. The molecule has 0 radical (unpaired) electrons. The van der Waals surface area contributed by atoms with Gasteiger partial charge in [0, 0.05) is 11.3 Å². The molecule has 0 aromatic carbocycles. The Morgan fingerprint density at radius 1 is 1.21 bits per heavy atom. The normalized spacial score (nSPS) is 21.7. The fourth-order valence-corrected chi connectivity index (χ4v) is 2.95. The molecule has 0 saturated carbocycles. The second-order valence-corrected chi connectivity index (χ2v) is 6.29. The SMILES string of the molecule is CC1(CNC(=O)NCC(=O)NCC(=O)O)CCCS1. The summed E-state index contributed by atoms with van der Waals surface area (Å²) in [4.78, 5) is 32.8. The minimum absolute atomic E-state index is 0.0723. The summed E-state index contributed by atoms with van der Waals surface area (Å²) in [6, 6.07) is -0.417. The molecule has 3 amide bonds. The number of thioether (sulfide) groups is 1. The Kier molecular flexibility index (Phi) is 5.94. The molecule has 8 heteroatoms. The quantitative estimate of drug-likeness (QED) is 0.540. The first-order valence-corrected chi connectivity index (χ1v) is 7.04. The maximum absolute atomic E-state index is 11.5. The number of hydrogen-bond acceptors (Lipinski definition) is 4. The van der Waals surface area contributed by atoms with E-state index >= 15 is 0 Å². The van der Waals surface area contributed by atoms with Gasteiger partial charge in [-0.15, -0.1) is 0 Å². The molecule has 0 aromatic rings. The Bertz CT molecular complexity index is 356. The third kappa shape index (κ3) is 6.32. The molecule has 0 bridgehead atoms. The van der Waals surface area contributed by atoms with Crippen LogP contribution in [0.25, 0.3) is 0 Å². The third-order valence-electron chi connectivity index (χ3n) is 2.77. The largest absolute Gasteiger partial charge is 0.480 e. The molecule has 19 heavy (non-hydrogen) atoms. The van der Waals surface area contributed by atoms with Gasteiger partial charge in [-0.2, -0.15) is 11.8 Å². The number of carboxylic acid groups (broad SMARTS) is 1.